The first-order chi connectivity index (χ1) is 15.6. The Morgan fingerprint density at radius 1 is 0.938 bits per heavy atom. The van der Waals surface area contributed by atoms with E-state index in [4.69, 9.17) is 23.2 Å². The second-order valence-corrected chi connectivity index (χ2v) is 8.05. The normalized spacial score (nSPS) is 14.8. The van der Waals surface area contributed by atoms with Crippen LogP contribution in [0.3, 0.4) is 0 Å². The molecule has 1 atom stereocenters. The minimum absolute atomic E-state index is 0.187. The Bertz CT molecular complexity index is 1320. The lowest BCUT2D eigenvalue weighted by molar-refractivity contribution is 0.102. The van der Waals surface area contributed by atoms with Crippen molar-refractivity contribution >= 4 is 46.7 Å². The quantitative estimate of drug-likeness (QED) is 0.397. The van der Waals surface area contributed by atoms with Crippen LogP contribution in [0, 0.1) is 0 Å². The number of benzene rings is 3. The summed E-state index contributed by atoms with van der Waals surface area (Å²) in [5, 5.41) is 11.8. The van der Waals surface area contributed by atoms with Gasteiger partial charge in [-0.2, -0.15) is 4.98 Å². The molecule has 0 aliphatic carbocycles. The van der Waals surface area contributed by atoms with Crippen LogP contribution in [-0.2, 0) is 0 Å². The molecule has 0 saturated heterocycles. The number of amides is 1. The average Bonchev–Trinajstić information content (AvgIpc) is 3.22. The summed E-state index contributed by atoms with van der Waals surface area (Å²) in [5.41, 5.74) is 3.23. The van der Waals surface area contributed by atoms with E-state index in [2.05, 4.69) is 20.7 Å². The number of rotatable bonds is 4. The predicted molar refractivity (Wildman–Crippen MR) is 127 cm³/mol. The topological polar surface area (TPSA) is 71.8 Å². The van der Waals surface area contributed by atoms with Gasteiger partial charge in [0.1, 0.15) is 6.04 Å². The number of hydrogen-bond donors (Lipinski definition) is 2. The van der Waals surface area contributed by atoms with Gasteiger partial charge in [-0.15, -0.1) is 5.10 Å². The first-order valence-electron chi connectivity index (χ1n) is 9.90. The van der Waals surface area contributed by atoms with Gasteiger partial charge in [0.2, 0.25) is 5.95 Å². The maximum Gasteiger partial charge on any atom is 0.258 e. The Balaban J connectivity index is 1.52. The van der Waals surface area contributed by atoms with Crippen LogP contribution in [0.1, 0.15) is 27.5 Å². The van der Waals surface area contributed by atoms with E-state index in [1.54, 1.807) is 28.9 Å². The zero-order chi connectivity index (χ0) is 22.1. The van der Waals surface area contributed by atoms with Crippen LogP contribution in [0.4, 0.5) is 11.9 Å². The fourth-order valence-corrected chi connectivity index (χ4v) is 3.92. The number of fused-ring (bicyclic) bond motifs is 1. The monoisotopic (exact) mass is 461 g/mol. The minimum atomic E-state index is -0.324. The molecule has 0 radical (unpaired) electrons. The van der Waals surface area contributed by atoms with E-state index in [1.165, 1.54) is 0 Å². The second-order valence-electron chi connectivity index (χ2n) is 7.20. The van der Waals surface area contributed by atoms with Crippen molar-refractivity contribution in [2.45, 2.75) is 6.04 Å². The molecule has 1 aromatic heterocycles. The highest BCUT2D eigenvalue weighted by atomic mass is 35.5. The molecule has 32 heavy (non-hydrogen) atoms. The molecular formula is C24H17Cl2N5O. The summed E-state index contributed by atoms with van der Waals surface area (Å²) in [5.74, 6) is 0.366. The standard InChI is InChI=1S/C24H17Cl2N5O/c25-17-12-10-16(11-13-17)22(32)28-23-29-24-27-20(15-6-2-1-3-7-15)14-21(31(24)30-23)18-8-4-5-9-19(18)26/h1-14,21H,(H2,27,28,29,30,32). The van der Waals surface area contributed by atoms with E-state index >= 15 is 0 Å². The largest absolute Gasteiger partial charge is 0.324 e. The third kappa shape index (κ3) is 3.98. The molecule has 2 heterocycles. The Morgan fingerprint density at radius 2 is 1.66 bits per heavy atom. The predicted octanol–water partition coefficient (Wildman–Crippen LogP) is 5.89. The van der Waals surface area contributed by atoms with E-state index in [-0.39, 0.29) is 17.9 Å². The summed E-state index contributed by atoms with van der Waals surface area (Å²) < 4.78 is 1.71. The fourth-order valence-electron chi connectivity index (χ4n) is 3.54. The number of halogens is 2. The third-order valence-electron chi connectivity index (χ3n) is 5.11. The molecule has 3 aromatic carbocycles. The molecule has 5 rings (SSSR count). The molecule has 1 unspecified atom stereocenters. The van der Waals surface area contributed by atoms with Gasteiger partial charge in [0, 0.05) is 21.3 Å². The molecule has 4 aromatic rings. The number of hydrogen-bond acceptors (Lipinski definition) is 4. The van der Waals surface area contributed by atoms with E-state index in [0.29, 0.717) is 21.6 Å². The Kier molecular flexibility index (Phi) is 5.39. The van der Waals surface area contributed by atoms with Gasteiger partial charge in [-0.05, 0) is 47.5 Å². The fraction of sp³-hybridized carbons (Fsp3) is 0.0417. The molecule has 0 spiro atoms. The number of nitrogens with zero attached hydrogens (tertiary/aromatic N) is 3. The summed E-state index contributed by atoms with van der Waals surface area (Å²) in [6.45, 7) is 0. The van der Waals surface area contributed by atoms with Crippen molar-refractivity contribution in [3.63, 3.8) is 0 Å². The van der Waals surface area contributed by atoms with Gasteiger partial charge in [0.15, 0.2) is 0 Å². The second kappa shape index (κ2) is 8.49. The Morgan fingerprint density at radius 3 is 2.41 bits per heavy atom. The van der Waals surface area contributed by atoms with Crippen molar-refractivity contribution in [3.05, 3.63) is 112 Å². The lowest BCUT2D eigenvalue weighted by Gasteiger charge is -2.24. The van der Waals surface area contributed by atoms with Crippen molar-refractivity contribution in [2.24, 2.45) is 0 Å². The van der Waals surface area contributed by atoms with Crippen LogP contribution in [0.25, 0.3) is 5.70 Å². The maximum atomic E-state index is 12.6. The molecule has 2 N–H and O–H groups in total. The van der Waals surface area contributed by atoms with Crippen LogP contribution in [0.2, 0.25) is 10.0 Å². The van der Waals surface area contributed by atoms with Crippen molar-refractivity contribution < 1.29 is 4.79 Å². The molecule has 6 nitrogen and oxygen atoms in total. The highest BCUT2D eigenvalue weighted by Crippen LogP contribution is 2.35. The molecule has 1 aliphatic heterocycles. The van der Waals surface area contributed by atoms with E-state index in [1.807, 2.05) is 60.7 Å². The van der Waals surface area contributed by atoms with Crippen LogP contribution in [0.5, 0.6) is 0 Å². The third-order valence-corrected chi connectivity index (χ3v) is 5.70. The Labute approximate surface area is 194 Å². The number of carbonyl (C=O) groups excluding carboxylic acids is 1. The van der Waals surface area contributed by atoms with Crippen molar-refractivity contribution in [1.29, 1.82) is 0 Å². The lowest BCUT2D eigenvalue weighted by Crippen LogP contribution is -2.20. The van der Waals surface area contributed by atoms with Gasteiger partial charge < -0.3 is 5.32 Å². The van der Waals surface area contributed by atoms with E-state index in [0.717, 1.165) is 16.8 Å². The van der Waals surface area contributed by atoms with Crippen LogP contribution >= 0.6 is 23.2 Å². The summed E-state index contributed by atoms with van der Waals surface area (Å²) in [6, 6.07) is 23.8. The van der Waals surface area contributed by atoms with Gasteiger partial charge in [-0.3, -0.25) is 10.1 Å². The molecular weight excluding hydrogens is 445 g/mol. The summed E-state index contributed by atoms with van der Waals surface area (Å²) in [7, 11) is 0. The molecule has 0 fully saturated rings. The molecule has 8 heteroatoms. The zero-order valence-electron chi connectivity index (χ0n) is 16.7. The van der Waals surface area contributed by atoms with Gasteiger partial charge in [-0.1, -0.05) is 71.7 Å². The van der Waals surface area contributed by atoms with Gasteiger partial charge in [0.05, 0.1) is 0 Å². The molecule has 158 valence electrons. The number of aromatic nitrogens is 3. The molecule has 1 aliphatic rings. The number of nitrogens with one attached hydrogen (secondary N) is 2. The summed E-state index contributed by atoms with van der Waals surface area (Å²) >= 11 is 12.4. The van der Waals surface area contributed by atoms with Gasteiger partial charge in [-0.25, -0.2) is 4.68 Å². The first-order valence-corrected chi connectivity index (χ1v) is 10.7. The number of carbonyl (C=O) groups is 1. The van der Waals surface area contributed by atoms with Crippen LogP contribution < -0.4 is 10.6 Å². The number of anilines is 2. The van der Waals surface area contributed by atoms with Crippen molar-refractivity contribution in [3.8, 4) is 0 Å². The van der Waals surface area contributed by atoms with Crippen LogP contribution in [0.15, 0.2) is 84.9 Å². The van der Waals surface area contributed by atoms with E-state index in [9.17, 15) is 4.79 Å². The lowest BCUT2D eigenvalue weighted by atomic mass is 10.0. The molecule has 0 bridgehead atoms. The van der Waals surface area contributed by atoms with Crippen molar-refractivity contribution in [2.75, 3.05) is 10.6 Å². The average molecular weight is 462 g/mol. The zero-order valence-corrected chi connectivity index (χ0v) is 18.2. The van der Waals surface area contributed by atoms with Gasteiger partial charge >= 0.3 is 0 Å². The van der Waals surface area contributed by atoms with Crippen LogP contribution in [-0.4, -0.2) is 20.7 Å². The highest BCUT2D eigenvalue weighted by Gasteiger charge is 2.27. The SMILES string of the molecule is O=C(Nc1nc2n(n1)C(c1ccccc1Cl)C=C(c1ccccc1)N2)c1ccc(Cl)cc1. The highest BCUT2D eigenvalue weighted by molar-refractivity contribution is 6.31. The van der Waals surface area contributed by atoms with Crippen molar-refractivity contribution in [1.82, 2.24) is 14.8 Å². The molecule has 1 amide bonds. The van der Waals surface area contributed by atoms with E-state index < -0.39 is 0 Å². The first kappa shape index (κ1) is 20.3. The molecule has 0 saturated carbocycles. The summed E-state index contributed by atoms with van der Waals surface area (Å²) in [6.07, 6.45) is 2.04. The minimum Gasteiger partial charge on any atom is -0.324 e. The summed E-state index contributed by atoms with van der Waals surface area (Å²) in [4.78, 5) is 17.1. The number of allylic oxidation sites excluding steroid dienone is 1. The Hall–Kier alpha value is -3.61. The maximum absolute atomic E-state index is 12.6. The smallest absolute Gasteiger partial charge is 0.258 e. The van der Waals surface area contributed by atoms with Gasteiger partial charge in [0.25, 0.3) is 11.9 Å².